The number of hydrogen-bond acceptors (Lipinski definition) is 4. The van der Waals surface area contributed by atoms with E-state index in [1.165, 1.54) is 30.6 Å². The van der Waals surface area contributed by atoms with Gasteiger partial charge in [-0.3, -0.25) is 4.79 Å². The monoisotopic (exact) mass is 393 g/mol. The summed E-state index contributed by atoms with van der Waals surface area (Å²) in [5.41, 5.74) is 8.28. The summed E-state index contributed by atoms with van der Waals surface area (Å²) in [6.45, 7) is 0. The van der Waals surface area contributed by atoms with Crippen LogP contribution in [0.4, 0.5) is 20.3 Å². The van der Waals surface area contributed by atoms with Crippen LogP contribution >= 0.6 is 0 Å². The summed E-state index contributed by atoms with van der Waals surface area (Å²) in [6, 6.07) is 10.2. The molecule has 0 bridgehead atoms. The third-order valence-corrected chi connectivity index (χ3v) is 4.58. The highest BCUT2D eigenvalue weighted by atomic mass is 19.1. The number of halogens is 2. The van der Waals surface area contributed by atoms with Gasteiger partial charge in [-0.15, -0.1) is 0 Å². The van der Waals surface area contributed by atoms with E-state index in [0.717, 1.165) is 0 Å². The van der Waals surface area contributed by atoms with Crippen LogP contribution in [0.5, 0.6) is 0 Å². The summed E-state index contributed by atoms with van der Waals surface area (Å²) in [5.74, 6) is -1.05. The first-order valence-electron chi connectivity index (χ1n) is 8.82. The molecule has 2 aromatic carbocycles. The van der Waals surface area contributed by atoms with Gasteiger partial charge in [0.1, 0.15) is 29.4 Å². The molecule has 3 N–H and O–H groups in total. The summed E-state index contributed by atoms with van der Waals surface area (Å²) in [7, 11) is 1.79. The molecule has 0 saturated carbocycles. The molecule has 0 saturated heterocycles. The Morgan fingerprint density at radius 3 is 2.72 bits per heavy atom. The molecule has 29 heavy (non-hydrogen) atoms. The largest absolute Gasteiger partial charge is 0.383 e. The highest BCUT2D eigenvalue weighted by Gasteiger charge is 2.17. The molecule has 146 valence electrons. The Morgan fingerprint density at radius 2 is 1.97 bits per heavy atom. The SMILES string of the molecule is Cn1cc(-c2ccc(NC(=O)Cc3cccc(F)c3)cc2F)c2c(N)ncnc21. The van der Waals surface area contributed by atoms with Crippen LogP contribution in [0.15, 0.2) is 55.0 Å². The van der Waals surface area contributed by atoms with Crippen molar-refractivity contribution in [1.29, 1.82) is 0 Å². The zero-order valence-electron chi connectivity index (χ0n) is 15.5. The van der Waals surface area contributed by atoms with Crippen molar-refractivity contribution in [3.8, 4) is 11.1 Å². The van der Waals surface area contributed by atoms with E-state index in [4.69, 9.17) is 5.73 Å². The summed E-state index contributed by atoms with van der Waals surface area (Å²) >= 11 is 0. The average Bonchev–Trinajstić information content (AvgIpc) is 3.00. The van der Waals surface area contributed by atoms with E-state index in [2.05, 4.69) is 15.3 Å². The number of fused-ring (bicyclic) bond motifs is 1. The van der Waals surface area contributed by atoms with E-state index in [1.807, 2.05) is 0 Å². The van der Waals surface area contributed by atoms with Gasteiger partial charge < -0.3 is 15.6 Å². The van der Waals surface area contributed by atoms with Gasteiger partial charge in [0.05, 0.1) is 11.8 Å². The minimum atomic E-state index is -0.524. The number of hydrogen-bond donors (Lipinski definition) is 2. The molecule has 2 heterocycles. The van der Waals surface area contributed by atoms with Crippen LogP contribution < -0.4 is 11.1 Å². The van der Waals surface area contributed by atoms with Crippen LogP contribution in [-0.2, 0) is 18.3 Å². The minimum Gasteiger partial charge on any atom is -0.383 e. The predicted octanol–water partition coefficient (Wildman–Crippen LogP) is 3.68. The van der Waals surface area contributed by atoms with Crippen LogP contribution in [-0.4, -0.2) is 20.4 Å². The topological polar surface area (TPSA) is 85.8 Å². The number of rotatable bonds is 4. The fourth-order valence-corrected chi connectivity index (χ4v) is 3.29. The van der Waals surface area contributed by atoms with Gasteiger partial charge in [0.2, 0.25) is 5.91 Å². The first-order valence-corrected chi connectivity index (χ1v) is 8.82. The van der Waals surface area contributed by atoms with Crippen LogP contribution in [0.2, 0.25) is 0 Å². The highest BCUT2D eigenvalue weighted by Crippen LogP contribution is 2.34. The van der Waals surface area contributed by atoms with E-state index in [-0.39, 0.29) is 18.1 Å². The molecule has 2 aromatic heterocycles. The van der Waals surface area contributed by atoms with Gasteiger partial charge in [-0.25, -0.2) is 18.7 Å². The second-order valence-corrected chi connectivity index (χ2v) is 6.66. The van der Waals surface area contributed by atoms with Crippen LogP contribution in [0, 0.1) is 11.6 Å². The van der Waals surface area contributed by atoms with Crippen molar-refractivity contribution in [2.75, 3.05) is 11.1 Å². The Morgan fingerprint density at radius 1 is 1.14 bits per heavy atom. The second kappa shape index (κ2) is 7.31. The van der Waals surface area contributed by atoms with E-state index in [9.17, 15) is 13.6 Å². The average molecular weight is 393 g/mol. The van der Waals surface area contributed by atoms with E-state index in [0.29, 0.717) is 33.4 Å². The number of anilines is 2. The number of nitrogens with two attached hydrogens (primary N) is 1. The van der Waals surface area contributed by atoms with Gasteiger partial charge in [-0.2, -0.15) is 0 Å². The Balaban J connectivity index is 1.60. The molecule has 1 amide bonds. The van der Waals surface area contributed by atoms with E-state index < -0.39 is 11.6 Å². The van der Waals surface area contributed by atoms with Gasteiger partial charge in [0.15, 0.2) is 0 Å². The molecule has 0 spiro atoms. The molecule has 0 aliphatic rings. The molecule has 4 rings (SSSR count). The lowest BCUT2D eigenvalue weighted by molar-refractivity contribution is -0.115. The number of carbonyl (C=O) groups excluding carboxylic acids is 1. The van der Waals surface area contributed by atoms with Crippen molar-refractivity contribution in [2.24, 2.45) is 7.05 Å². The maximum atomic E-state index is 14.8. The molecule has 0 aliphatic heterocycles. The van der Waals surface area contributed by atoms with Gasteiger partial charge in [-0.05, 0) is 35.9 Å². The lowest BCUT2D eigenvalue weighted by atomic mass is 10.0. The van der Waals surface area contributed by atoms with Crippen LogP contribution in [0.1, 0.15) is 5.56 Å². The van der Waals surface area contributed by atoms with E-state index >= 15 is 0 Å². The van der Waals surface area contributed by atoms with E-state index in [1.54, 1.807) is 36.0 Å². The van der Waals surface area contributed by atoms with Crippen molar-refractivity contribution in [3.63, 3.8) is 0 Å². The molecule has 0 aliphatic carbocycles. The molecule has 4 aromatic rings. The first kappa shape index (κ1) is 18.5. The van der Waals surface area contributed by atoms with Crippen LogP contribution in [0.25, 0.3) is 22.2 Å². The Labute approximate surface area is 165 Å². The van der Waals surface area contributed by atoms with Gasteiger partial charge in [0, 0.05) is 30.1 Å². The van der Waals surface area contributed by atoms with Gasteiger partial charge in [-0.1, -0.05) is 12.1 Å². The van der Waals surface area contributed by atoms with Crippen LogP contribution in [0.3, 0.4) is 0 Å². The number of nitrogen functional groups attached to an aromatic ring is 1. The Kier molecular flexibility index (Phi) is 4.67. The second-order valence-electron chi connectivity index (χ2n) is 6.66. The Bertz CT molecular complexity index is 1240. The summed E-state index contributed by atoms with van der Waals surface area (Å²) in [5, 5.41) is 3.19. The quantitative estimate of drug-likeness (QED) is 0.554. The molecular formula is C21H17F2N5O. The van der Waals surface area contributed by atoms with Crippen molar-refractivity contribution in [2.45, 2.75) is 6.42 Å². The number of benzene rings is 2. The lowest BCUT2D eigenvalue weighted by Crippen LogP contribution is -2.14. The number of aromatic nitrogens is 3. The highest BCUT2D eigenvalue weighted by molar-refractivity contribution is 6.01. The predicted molar refractivity (Wildman–Crippen MR) is 107 cm³/mol. The number of amides is 1. The summed E-state index contributed by atoms with van der Waals surface area (Å²) < 4.78 is 29.8. The van der Waals surface area contributed by atoms with Crippen molar-refractivity contribution in [1.82, 2.24) is 14.5 Å². The standard InChI is InChI=1S/C21H17F2N5O/c1-28-10-16(19-20(24)25-11-26-21(19)28)15-6-5-14(9-17(15)23)27-18(29)8-12-3-2-4-13(22)7-12/h2-7,9-11H,8H2,1H3,(H,27,29)(H2,24,25,26). The van der Waals surface area contributed by atoms with Gasteiger partial charge >= 0.3 is 0 Å². The smallest absolute Gasteiger partial charge is 0.228 e. The van der Waals surface area contributed by atoms with Crippen molar-refractivity contribution in [3.05, 3.63) is 72.2 Å². The maximum absolute atomic E-state index is 14.8. The number of carbonyl (C=O) groups is 1. The molecular weight excluding hydrogens is 376 g/mol. The maximum Gasteiger partial charge on any atom is 0.228 e. The van der Waals surface area contributed by atoms with Crippen molar-refractivity contribution < 1.29 is 13.6 Å². The summed E-state index contributed by atoms with van der Waals surface area (Å²) in [4.78, 5) is 20.4. The normalized spacial score (nSPS) is 11.0. The molecule has 0 radical (unpaired) electrons. The zero-order valence-corrected chi connectivity index (χ0v) is 15.5. The first-order chi connectivity index (χ1) is 13.9. The molecule has 6 nitrogen and oxygen atoms in total. The number of nitrogens with one attached hydrogen (secondary N) is 1. The lowest BCUT2D eigenvalue weighted by Gasteiger charge is -2.08. The third kappa shape index (κ3) is 3.64. The minimum absolute atomic E-state index is 0.0155. The third-order valence-electron chi connectivity index (χ3n) is 4.58. The Hall–Kier alpha value is -3.81. The van der Waals surface area contributed by atoms with Gasteiger partial charge in [0.25, 0.3) is 0 Å². The molecule has 0 fully saturated rings. The molecule has 0 atom stereocenters. The molecule has 8 heteroatoms. The summed E-state index contributed by atoms with van der Waals surface area (Å²) in [6.07, 6.45) is 3.07. The zero-order chi connectivity index (χ0) is 20.5. The number of aryl methyl sites for hydroxylation is 1. The fourth-order valence-electron chi connectivity index (χ4n) is 3.29. The number of nitrogens with zero attached hydrogens (tertiary/aromatic N) is 3. The molecule has 0 unspecified atom stereocenters. The fraction of sp³-hybridized carbons (Fsp3) is 0.0952. The van der Waals surface area contributed by atoms with Crippen molar-refractivity contribution >= 4 is 28.4 Å².